The van der Waals surface area contributed by atoms with Crippen LogP contribution in [-0.4, -0.2) is 40.4 Å². The Bertz CT molecular complexity index is 1220. The summed E-state index contributed by atoms with van der Waals surface area (Å²) in [5.41, 5.74) is 3.74. The first-order chi connectivity index (χ1) is 16.9. The van der Waals surface area contributed by atoms with Gasteiger partial charge in [0, 0.05) is 11.1 Å². The highest BCUT2D eigenvalue weighted by molar-refractivity contribution is 5.85. The van der Waals surface area contributed by atoms with Crippen LogP contribution in [0.5, 0.6) is 0 Å². The first kappa shape index (κ1) is 26.2. The minimum absolute atomic E-state index is 0. The lowest BCUT2D eigenvalue weighted by atomic mass is 10.2. The lowest BCUT2D eigenvalue weighted by Crippen LogP contribution is -1.98. The summed E-state index contributed by atoms with van der Waals surface area (Å²) in [5.74, 6) is 1.27. The summed E-state index contributed by atoms with van der Waals surface area (Å²) in [4.78, 5) is 3.06. The molecule has 180 valence electrons. The van der Waals surface area contributed by atoms with Crippen molar-refractivity contribution in [3.05, 3.63) is 121 Å². The highest BCUT2D eigenvalue weighted by Gasteiger charge is 2.06. The molecule has 0 radical (unpaired) electrons. The molecular formula is C26H22Cl2N8. The van der Waals surface area contributed by atoms with Gasteiger partial charge in [0.05, 0.1) is 11.4 Å². The smallest absolute Gasteiger partial charge is 0.147 e. The predicted molar refractivity (Wildman–Crippen MR) is 144 cm³/mol. The zero-order valence-electron chi connectivity index (χ0n) is 18.9. The summed E-state index contributed by atoms with van der Waals surface area (Å²) < 4.78 is 0. The maximum Gasteiger partial charge on any atom is 0.205 e. The van der Waals surface area contributed by atoms with Crippen LogP contribution in [0.25, 0.3) is 34.2 Å². The number of aromatic nitrogens is 8. The molecule has 8 nitrogen and oxygen atoms in total. The van der Waals surface area contributed by atoms with Gasteiger partial charge in [0.25, 0.3) is 0 Å². The fourth-order valence-electron chi connectivity index (χ4n) is 3.18. The van der Waals surface area contributed by atoms with Crippen LogP contribution in [0.2, 0.25) is 0 Å². The molecular weight excluding hydrogens is 495 g/mol. The van der Waals surface area contributed by atoms with Gasteiger partial charge < -0.3 is 0 Å². The minimum Gasteiger partial charge on any atom is -0.147 e. The van der Waals surface area contributed by atoms with Crippen LogP contribution in [0.1, 0.15) is 0 Å². The van der Waals surface area contributed by atoms with Gasteiger partial charge >= 0.3 is 0 Å². The van der Waals surface area contributed by atoms with Gasteiger partial charge in [-0.15, -0.1) is 54.8 Å². The molecule has 0 aliphatic carbocycles. The van der Waals surface area contributed by atoms with Crippen molar-refractivity contribution in [1.29, 1.82) is 0 Å². The molecule has 0 aliphatic rings. The Hall–Kier alpha value is -4.40. The van der Waals surface area contributed by atoms with Gasteiger partial charge in [0.2, 0.25) is 11.6 Å². The molecule has 6 rings (SSSR count). The normalized spacial score (nSPS) is 9.78. The summed E-state index contributed by atoms with van der Waals surface area (Å²) in [6.45, 7) is 0. The second-order valence-corrected chi connectivity index (χ2v) is 7.21. The number of halogens is 2. The predicted octanol–water partition coefficient (Wildman–Crippen LogP) is 5.50. The average Bonchev–Trinajstić information content (AvgIpc) is 3.62. The molecule has 0 fully saturated rings. The molecule has 0 saturated heterocycles. The minimum atomic E-state index is 0. The van der Waals surface area contributed by atoms with E-state index in [0.717, 1.165) is 22.5 Å². The molecule has 2 aromatic heterocycles. The third kappa shape index (κ3) is 6.38. The van der Waals surface area contributed by atoms with Crippen molar-refractivity contribution in [3.8, 4) is 34.2 Å². The first-order valence-corrected chi connectivity index (χ1v) is 10.7. The average molecular weight is 517 g/mol. The molecule has 0 saturated carbocycles. The molecule has 0 amide bonds. The number of benzene rings is 4. The van der Waals surface area contributed by atoms with Crippen molar-refractivity contribution in [2.75, 3.05) is 0 Å². The molecule has 2 heterocycles. The Labute approximate surface area is 220 Å². The fraction of sp³-hybridized carbons (Fsp3) is 0. The molecule has 0 aliphatic heterocycles. The standard InChI is InChI=1S/2C13H10N4.2ClH/c2*1-3-7-11(8-4-1)13-14-16-17(15-13)12-9-5-2-6-10-12;;/h2*1-10H;2*1H. The van der Waals surface area contributed by atoms with Gasteiger partial charge in [-0.1, -0.05) is 97.1 Å². The third-order valence-electron chi connectivity index (χ3n) is 4.87. The van der Waals surface area contributed by atoms with Crippen LogP contribution in [0.3, 0.4) is 0 Å². The van der Waals surface area contributed by atoms with E-state index in [2.05, 4.69) is 30.8 Å². The monoisotopic (exact) mass is 516 g/mol. The Morgan fingerprint density at radius 1 is 0.389 bits per heavy atom. The SMILES string of the molecule is Cl.Cl.c1ccc(-c2nnn(-c3ccccc3)n2)cc1.c1ccc(-c2nnn(-c3ccccc3)n2)cc1. The second-order valence-electron chi connectivity index (χ2n) is 7.21. The lowest BCUT2D eigenvalue weighted by Gasteiger charge is -1.95. The van der Waals surface area contributed by atoms with Crippen molar-refractivity contribution in [3.63, 3.8) is 0 Å². The van der Waals surface area contributed by atoms with Crippen molar-refractivity contribution in [2.24, 2.45) is 0 Å². The molecule has 4 aromatic carbocycles. The first-order valence-electron chi connectivity index (χ1n) is 10.7. The number of para-hydroxylation sites is 2. The zero-order chi connectivity index (χ0) is 23.0. The fourth-order valence-corrected chi connectivity index (χ4v) is 3.18. The van der Waals surface area contributed by atoms with Crippen LogP contribution < -0.4 is 0 Å². The molecule has 0 N–H and O–H groups in total. The summed E-state index contributed by atoms with van der Waals surface area (Å²) in [6, 6.07) is 39.1. The Morgan fingerprint density at radius 2 is 0.694 bits per heavy atom. The number of tetrazole rings is 2. The van der Waals surface area contributed by atoms with Gasteiger partial charge in [-0.2, -0.15) is 0 Å². The summed E-state index contributed by atoms with van der Waals surface area (Å²) in [7, 11) is 0. The maximum absolute atomic E-state index is 4.35. The van der Waals surface area contributed by atoms with E-state index < -0.39 is 0 Å². The van der Waals surface area contributed by atoms with Crippen molar-refractivity contribution < 1.29 is 0 Å². The van der Waals surface area contributed by atoms with E-state index in [1.54, 1.807) is 0 Å². The molecule has 10 heteroatoms. The van der Waals surface area contributed by atoms with Crippen LogP contribution in [0.15, 0.2) is 121 Å². The molecule has 0 unspecified atom stereocenters. The zero-order valence-corrected chi connectivity index (χ0v) is 20.6. The van der Waals surface area contributed by atoms with E-state index in [1.165, 1.54) is 9.59 Å². The van der Waals surface area contributed by atoms with Gasteiger partial charge in [0.1, 0.15) is 0 Å². The van der Waals surface area contributed by atoms with Gasteiger partial charge in [-0.25, -0.2) is 0 Å². The van der Waals surface area contributed by atoms with Gasteiger partial charge in [-0.3, -0.25) is 0 Å². The van der Waals surface area contributed by atoms with Gasteiger partial charge in [0.15, 0.2) is 0 Å². The van der Waals surface area contributed by atoms with E-state index in [9.17, 15) is 0 Å². The summed E-state index contributed by atoms with van der Waals surface area (Å²) >= 11 is 0. The molecule has 0 spiro atoms. The summed E-state index contributed by atoms with van der Waals surface area (Å²) in [6.07, 6.45) is 0. The van der Waals surface area contributed by atoms with E-state index in [1.807, 2.05) is 121 Å². The number of nitrogens with zero attached hydrogens (tertiary/aromatic N) is 8. The Morgan fingerprint density at radius 3 is 1.03 bits per heavy atom. The molecule has 6 aromatic rings. The van der Waals surface area contributed by atoms with Crippen LogP contribution in [0, 0.1) is 0 Å². The van der Waals surface area contributed by atoms with Crippen molar-refractivity contribution in [1.82, 2.24) is 40.4 Å². The molecule has 0 atom stereocenters. The quantitative estimate of drug-likeness (QED) is 0.307. The lowest BCUT2D eigenvalue weighted by molar-refractivity contribution is 0.720. The van der Waals surface area contributed by atoms with Crippen molar-refractivity contribution >= 4 is 24.8 Å². The number of hydrogen-bond acceptors (Lipinski definition) is 6. The van der Waals surface area contributed by atoms with E-state index in [-0.39, 0.29) is 24.8 Å². The molecule has 0 bridgehead atoms. The maximum atomic E-state index is 4.35. The second kappa shape index (κ2) is 12.9. The molecule has 36 heavy (non-hydrogen) atoms. The highest BCUT2D eigenvalue weighted by atomic mass is 35.5. The highest BCUT2D eigenvalue weighted by Crippen LogP contribution is 2.14. The van der Waals surface area contributed by atoms with Crippen LogP contribution in [-0.2, 0) is 0 Å². The van der Waals surface area contributed by atoms with E-state index in [4.69, 9.17) is 0 Å². The largest absolute Gasteiger partial charge is 0.205 e. The van der Waals surface area contributed by atoms with Crippen molar-refractivity contribution in [2.45, 2.75) is 0 Å². The number of rotatable bonds is 4. The third-order valence-corrected chi connectivity index (χ3v) is 4.87. The van der Waals surface area contributed by atoms with Crippen LogP contribution in [0.4, 0.5) is 0 Å². The summed E-state index contributed by atoms with van der Waals surface area (Å²) in [5, 5.41) is 24.9. The Kier molecular flexibility index (Phi) is 9.39. The van der Waals surface area contributed by atoms with E-state index >= 15 is 0 Å². The number of hydrogen-bond donors (Lipinski definition) is 0. The Balaban J connectivity index is 0.000000190. The van der Waals surface area contributed by atoms with Crippen LogP contribution >= 0.6 is 24.8 Å². The topological polar surface area (TPSA) is 87.2 Å². The van der Waals surface area contributed by atoms with E-state index in [0.29, 0.717) is 11.6 Å². The van der Waals surface area contributed by atoms with Gasteiger partial charge in [-0.05, 0) is 34.7 Å².